The van der Waals surface area contributed by atoms with Crippen molar-refractivity contribution in [3.8, 4) is 11.5 Å². The summed E-state index contributed by atoms with van der Waals surface area (Å²) in [6.45, 7) is 2.70. The van der Waals surface area contributed by atoms with Crippen LogP contribution in [-0.2, 0) is 10.0 Å². The normalized spacial score (nSPS) is 13.8. The van der Waals surface area contributed by atoms with Gasteiger partial charge in [0.15, 0.2) is 5.11 Å². The Bertz CT molecular complexity index is 1920. The molecule has 5 aromatic carbocycles. The van der Waals surface area contributed by atoms with E-state index in [1.54, 1.807) is 52.8 Å². The number of carbonyl (C=O) groups is 1. The number of hydrogen-bond donors (Lipinski definition) is 2. The molecule has 2 N–H and O–H groups in total. The molecule has 1 aliphatic heterocycles. The maximum atomic E-state index is 13.6. The van der Waals surface area contributed by atoms with Crippen molar-refractivity contribution in [3.63, 3.8) is 0 Å². The summed E-state index contributed by atoms with van der Waals surface area (Å²) in [6.07, 6.45) is 0. The Kier molecular flexibility index (Phi) is 11.5. The Morgan fingerprint density at radius 2 is 1.16 bits per heavy atom. The van der Waals surface area contributed by atoms with E-state index in [-0.39, 0.29) is 22.0 Å². The lowest BCUT2D eigenvalue weighted by molar-refractivity contribution is 0.0977. The number of rotatable bonds is 12. The van der Waals surface area contributed by atoms with Crippen LogP contribution < -0.4 is 20.1 Å². The van der Waals surface area contributed by atoms with Crippen LogP contribution in [0.5, 0.6) is 11.5 Å². The van der Waals surface area contributed by atoms with Crippen LogP contribution in [-0.4, -0.2) is 68.0 Å². The summed E-state index contributed by atoms with van der Waals surface area (Å²) >= 11 is 5.35. The summed E-state index contributed by atoms with van der Waals surface area (Å²) in [5.74, 6) is 0.997. The Morgan fingerprint density at radius 3 is 1.70 bits per heavy atom. The Labute approximate surface area is 298 Å². The average molecular weight is 707 g/mol. The molecule has 0 saturated carbocycles. The summed E-state index contributed by atoms with van der Waals surface area (Å²) in [6, 6.07) is 43.2. The number of hydrogen-bond acceptors (Lipinski definition) is 7. The van der Waals surface area contributed by atoms with Gasteiger partial charge in [0.05, 0.1) is 10.9 Å². The Morgan fingerprint density at radius 1 is 0.660 bits per heavy atom. The van der Waals surface area contributed by atoms with Crippen LogP contribution in [0, 0.1) is 0 Å². The Hall–Kier alpha value is -5.07. The molecule has 0 aromatic heterocycles. The maximum Gasteiger partial charge on any atom is 0.257 e. The molecule has 1 fully saturated rings. The number of nitrogens with zero attached hydrogens (tertiary/aromatic N) is 2. The van der Waals surface area contributed by atoms with E-state index in [1.165, 1.54) is 11.1 Å². The SMILES string of the molecule is O=C(NC(=S)Nc1ccc(S(=O)(=O)N2CCN(C(c3ccccc3)c3ccccc3)CC2)cc1)c1ccc(OCCOc2ccccc2)cc1. The van der Waals surface area contributed by atoms with Crippen molar-refractivity contribution in [2.45, 2.75) is 10.9 Å². The summed E-state index contributed by atoms with van der Waals surface area (Å²) in [5.41, 5.74) is 3.31. The first kappa shape index (κ1) is 34.8. The molecule has 1 saturated heterocycles. The number of benzene rings is 5. The summed E-state index contributed by atoms with van der Waals surface area (Å²) < 4.78 is 40.0. The number of anilines is 1. The molecule has 1 aliphatic rings. The lowest BCUT2D eigenvalue weighted by Crippen LogP contribution is -2.49. The van der Waals surface area contributed by atoms with Crippen LogP contribution in [0.4, 0.5) is 5.69 Å². The minimum atomic E-state index is -3.71. The molecule has 0 aliphatic carbocycles. The lowest BCUT2D eigenvalue weighted by atomic mass is 9.96. The van der Waals surface area contributed by atoms with Gasteiger partial charge in [0, 0.05) is 37.4 Å². The van der Waals surface area contributed by atoms with Crippen LogP contribution in [0.15, 0.2) is 144 Å². The molecular weight excluding hydrogens is 669 g/mol. The highest BCUT2D eigenvalue weighted by Gasteiger charge is 2.32. The molecule has 11 heteroatoms. The molecule has 0 radical (unpaired) electrons. The molecule has 50 heavy (non-hydrogen) atoms. The van der Waals surface area contributed by atoms with Crippen molar-refractivity contribution >= 4 is 38.9 Å². The molecular formula is C39H38N4O5S2. The van der Waals surface area contributed by atoms with Crippen LogP contribution in [0.1, 0.15) is 27.5 Å². The van der Waals surface area contributed by atoms with Crippen LogP contribution in [0.25, 0.3) is 0 Å². The highest BCUT2D eigenvalue weighted by atomic mass is 32.2. The van der Waals surface area contributed by atoms with E-state index in [0.717, 1.165) is 5.75 Å². The summed E-state index contributed by atoms with van der Waals surface area (Å²) in [5, 5.41) is 5.70. The first-order chi connectivity index (χ1) is 24.4. The second kappa shape index (κ2) is 16.6. The third-order valence-electron chi connectivity index (χ3n) is 8.33. The zero-order valence-electron chi connectivity index (χ0n) is 27.4. The number of carbonyl (C=O) groups excluding carboxylic acids is 1. The van der Waals surface area contributed by atoms with Gasteiger partial charge in [-0.25, -0.2) is 8.42 Å². The standard InChI is InChI=1S/C39H38N4O5S2/c44-38(32-16-20-35(21-17-32)48-29-28-47-34-14-8-3-9-15-34)41-39(49)40-33-18-22-36(23-19-33)50(45,46)43-26-24-42(25-27-43)37(30-10-4-1-5-11-30)31-12-6-2-7-13-31/h1-23,37H,24-29H2,(H2,40,41,44,49). The fourth-order valence-corrected chi connectivity index (χ4v) is 7.45. The Balaban J connectivity index is 0.981. The van der Waals surface area contributed by atoms with Gasteiger partial charge in [-0.2, -0.15) is 4.31 Å². The van der Waals surface area contributed by atoms with Crippen LogP contribution >= 0.6 is 12.2 Å². The van der Waals surface area contributed by atoms with E-state index >= 15 is 0 Å². The second-order valence-electron chi connectivity index (χ2n) is 11.6. The van der Waals surface area contributed by atoms with Crippen LogP contribution in [0.2, 0.25) is 0 Å². The molecule has 256 valence electrons. The molecule has 0 bridgehead atoms. The summed E-state index contributed by atoms with van der Waals surface area (Å²) in [4.78, 5) is 15.3. The van der Waals surface area contributed by atoms with Gasteiger partial charge in [-0.1, -0.05) is 78.9 Å². The molecule has 0 unspecified atom stereocenters. The van der Waals surface area contributed by atoms with Gasteiger partial charge in [-0.05, 0) is 84.0 Å². The van der Waals surface area contributed by atoms with E-state index in [4.69, 9.17) is 21.7 Å². The molecule has 9 nitrogen and oxygen atoms in total. The molecule has 1 amide bonds. The van der Waals surface area contributed by atoms with Crippen molar-refractivity contribution in [3.05, 3.63) is 156 Å². The average Bonchev–Trinajstić information content (AvgIpc) is 3.15. The smallest absolute Gasteiger partial charge is 0.257 e. The zero-order valence-corrected chi connectivity index (χ0v) is 29.0. The number of para-hydroxylation sites is 1. The van der Waals surface area contributed by atoms with Crippen LogP contribution in [0.3, 0.4) is 0 Å². The first-order valence-electron chi connectivity index (χ1n) is 16.3. The maximum absolute atomic E-state index is 13.6. The van der Waals surface area contributed by atoms with E-state index in [0.29, 0.717) is 56.4 Å². The molecule has 0 atom stereocenters. The van der Waals surface area contributed by atoms with Crippen molar-refractivity contribution in [1.82, 2.24) is 14.5 Å². The van der Waals surface area contributed by atoms with Crippen molar-refractivity contribution in [1.29, 1.82) is 0 Å². The van der Waals surface area contributed by atoms with E-state index in [1.807, 2.05) is 66.7 Å². The van der Waals surface area contributed by atoms with Gasteiger partial charge < -0.3 is 14.8 Å². The van der Waals surface area contributed by atoms with Crippen molar-refractivity contribution in [2.75, 3.05) is 44.7 Å². The molecule has 5 aromatic rings. The molecule has 6 rings (SSSR count). The monoisotopic (exact) mass is 706 g/mol. The topological polar surface area (TPSA) is 100 Å². The fraction of sp³-hybridized carbons (Fsp3) is 0.179. The quantitative estimate of drug-likeness (QED) is 0.114. The number of thiocarbonyl (C=S) groups is 1. The highest BCUT2D eigenvalue weighted by molar-refractivity contribution is 7.89. The van der Waals surface area contributed by atoms with E-state index in [9.17, 15) is 13.2 Å². The van der Waals surface area contributed by atoms with Crippen molar-refractivity contribution < 1.29 is 22.7 Å². The van der Waals surface area contributed by atoms with Gasteiger partial charge in [0.2, 0.25) is 10.0 Å². The van der Waals surface area contributed by atoms with Crippen molar-refractivity contribution in [2.24, 2.45) is 0 Å². The zero-order chi connectivity index (χ0) is 34.8. The lowest BCUT2D eigenvalue weighted by Gasteiger charge is -2.39. The van der Waals surface area contributed by atoms with Gasteiger partial charge in [-0.3, -0.25) is 15.0 Å². The third-order valence-corrected chi connectivity index (χ3v) is 10.4. The minimum absolute atomic E-state index is 0.0428. The minimum Gasteiger partial charge on any atom is -0.490 e. The summed E-state index contributed by atoms with van der Waals surface area (Å²) in [7, 11) is -3.71. The highest BCUT2D eigenvalue weighted by Crippen LogP contribution is 2.30. The number of ether oxygens (including phenoxy) is 2. The molecule has 1 heterocycles. The second-order valence-corrected chi connectivity index (χ2v) is 14.0. The predicted octanol–water partition coefficient (Wildman–Crippen LogP) is 6.37. The van der Waals surface area contributed by atoms with Gasteiger partial charge >= 0.3 is 0 Å². The third kappa shape index (κ3) is 8.93. The van der Waals surface area contributed by atoms with E-state index in [2.05, 4.69) is 39.8 Å². The number of amides is 1. The fourth-order valence-electron chi connectivity index (χ4n) is 5.82. The van der Waals surface area contributed by atoms with Gasteiger partial charge in [-0.15, -0.1) is 0 Å². The first-order valence-corrected chi connectivity index (χ1v) is 18.2. The van der Waals surface area contributed by atoms with Gasteiger partial charge in [0.25, 0.3) is 5.91 Å². The van der Waals surface area contributed by atoms with E-state index < -0.39 is 10.0 Å². The molecule has 0 spiro atoms. The van der Waals surface area contributed by atoms with Gasteiger partial charge in [0.1, 0.15) is 24.7 Å². The largest absolute Gasteiger partial charge is 0.490 e. The number of piperazine rings is 1. The number of nitrogens with one attached hydrogen (secondary N) is 2. The number of sulfonamides is 1. The predicted molar refractivity (Wildman–Crippen MR) is 199 cm³/mol.